The van der Waals surface area contributed by atoms with E-state index in [0.717, 1.165) is 0 Å². The summed E-state index contributed by atoms with van der Waals surface area (Å²) >= 11 is 0. The molecule has 0 fully saturated rings. The summed E-state index contributed by atoms with van der Waals surface area (Å²) in [4.78, 5) is 29.0. The van der Waals surface area contributed by atoms with Crippen LogP contribution in [0.4, 0.5) is 0 Å². The van der Waals surface area contributed by atoms with Gasteiger partial charge in [0.25, 0.3) is 0 Å². The SMILES string of the molecule is C#Cc1cccc(C2C(C(=O)OC)=C(C)N=C(N)C2C(=O)OCC)c1. The monoisotopic (exact) mass is 340 g/mol. The molecule has 130 valence electrons. The molecule has 0 spiro atoms. The Morgan fingerprint density at radius 3 is 2.72 bits per heavy atom. The zero-order valence-corrected chi connectivity index (χ0v) is 14.4. The van der Waals surface area contributed by atoms with Gasteiger partial charge in [-0.3, -0.25) is 4.79 Å². The lowest BCUT2D eigenvalue weighted by Gasteiger charge is -2.30. The minimum absolute atomic E-state index is 0.0970. The molecule has 0 radical (unpaired) electrons. The topological polar surface area (TPSA) is 91.0 Å². The first-order chi connectivity index (χ1) is 11.9. The highest BCUT2D eigenvalue weighted by atomic mass is 16.5. The molecule has 0 aromatic heterocycles. The number of carbonyl (C=O) groups excluding carboxylic acids is 2. The number of benzene rings is 1. The molecule has 2 rings (SSSR count). The van der Waals surface area contributed by atoms with Crippen LogP contribution in [0.15, 0.2) is 40.5 Å². The Morgan fingerprint density at radius 2 is 2.12 bits per heavy atom. The van der Waals surface area contributed by atoms with E-state index in [1.165, 1.54) is 7.11 Å². The van der Waals surface area contributed by atoms with Crippen molar-refractivity contribution in [1.82, 2.24) is 0 Å². The van der Waals surface area contributed by atoms with Gasteiger partial charge in [0, 0.05) is 11.5 Å². The molecular formula is C19H20N2O4. The number of ether oxygens (including phenoxy) is 2. The molecule has 6 nitrogen and oxygen atoms in total. The van der Waals surface area contributed by atoms with Crippen LogP contribution < -0.4 is 5.73 Å². The summed E-state index contributed by atoms with van der Waals surface area (Å²) in [6, 6.07) is 7.05. The Labute approximate surface area is 146 Å². The molecule has 2 N–H and O–H groups in total. The van der Waals surface area contributed by atoms with Crippen molar-refractivity contribution in [3.63, 3.8) is 0 Å². The van der Waals surface area contributed by atoms with Gasteiger partial charge in [-0.05, 0) is 31.5 Å². The Balaban J connectivity index is 2.67. The third kappa shape index (κ3) is 3.56. The largest absolute Gasteiger partial charge is 0.466 e. The number of carbonyl (C=O) groups is 2. The van der Waals surface area contributed by atoms with E-state index < -0.39 is 23.8 Å². The van der Waals surface area contributed by atoms with Gasteiger partial charge in [-0.2, -0.15) is 0 Å². The smallest absolute Gasteiger partial charge is 0.336 e. The van der Waals surface area contributed by atoms with Gasteiger partial charge in [-0.25, -0.2) is 9.79 Å². The number of nitrogens with zero attached hydrogens (tertiary/aromatic N) is 1. The fraction of sp³-hybridized carbons (Fsp3) is 0.316. The molecule has 25 heavy (non-hydrogen) atoms. The molecule has 2 unspecified atom stereocenters. The van der Waals surface area contributed by atoms with E-state index in [-0.39, 0.29) is 18.0 Å². The first-order valence-electron chi connectivity index (χ1n) is 7.80. The maximum atomic E-state index is 12.5. The number of methoxy groups -OCH3 is 1. The van der Waals surface area contributed by atoms with E-state index in [2.05, 4.69) is 10.9 Å². The fourth-order valence-corrected chi connectivity index (χ4v) is 2.94. The Kier molecular flexibility index (Phi) is 5.60. The summed E-state index contributed by atoms with van der Waals surface area (Å²) in [5.41, 5.74) is 8.00. The zero-order valence-electron chi connectivity index (χ0n) is 14.4. The number of amidine groups is 1. The van der Waals surface area contributed by atoms with Crippen LogP contribution in [0.25, 0.3) is 0 Å². The first-order valence-corrected chi connectivity index (χ1v) is 7.80. The van der Waals surface area contributed by atoms with Crippen LogP contribution in [0, 0.1) is 18.3 Å². The standard InChI is InChI=1S/C19H20N2O4/c1-5-12-8-7-9-13(10-12)15-14(18(22)24-4)11(3)21-17(20)16(15)19(23)25-6-2/h1,7-10,15-16H,6H2,2-4H3,(H2,20,21). The zero-order chi connectivity index (χ0) is 18.6. The van der Waals surface area contributed by atoms with E-state index in [1.807, 2.05) is 0 Å². The summed E-state index contributed by atoms with van der Waals surface area (Å²) in [5.74, 6) is -0.0827. The second-order valence-corrected chi connectivity index (χ2v) is 5.50. The quantitative estimate of drug-likeness (QED) is 0.666. The van der Waals surface area contributed by atoms with Gasteiger partial charge in [0.05, 0.1) is 25.0 Å². The lowest BCUT2D eigenvalue weighted by molar-refractivity contribution is -0.146. The summed E-state index contributed by atoms with van der Waals surface area (Å²) in [7, 11) is 1.28. The van der Waals surface area contributed by atoms with Crippen LogP contribution in [-0.2, 0) is 19.1 Å². The third-order valence-corrected chi connectivity index (χ3v) is 4.01. The third-order valence-electron chi connectivity index (χ3n) is 4.01. The predicted molar refractivity (Wildman–Crippen MR) is 93.6 cm³/mol. The molecule has 1 aromatic carbocycles. The van der Waals surface area contributed by atoms with Crippen LogP contribution in [0.3, 0.4) is 0 Å². The highest BCUT2D eigenvalue weighted by Crippen LogP contribution is 2.39. The number of hydrogen-bond acceptors (Lipinski definition) is 6. The van der Waals surface area contributed by atoms with Crippen molar-refractivity contribution >= 4 is 17.8 Å². The average Bonchev–Trinajstić information content (AvgIpc) is 2.60. The van der Waals surface area contributed by atoms with E-state index >= 15 is 0 Å². The number of esters is 2. The Morgan fingerprint density at radius 1 is 1.40 bits per heavy atom. The lowest BCUT2D eigenvalue weighted by Crippen LogP contribution is -2.41. The van der Waals surface area contributed by atoms with Crippen LogP contribution >= 0.6 is 0 Å². The number of aliphatic imine (C=N–C) groups is 1. The number of nitrogens with two attached hydrogens (primary N) is 1. The molecule has 0 bridgehead atoms. The van der Waals surface area contributed by atoms with Gasteiger partial charge in [0.1, 0.15) is 11.8 Å². The molecule has 1 aromatic rings. The van der Waals surface area contributed by atoms with E-state index in [0.29, 0.717) is 16.8 Å². The molecular weight excluding hydrogens is 320 g/mol. The summed E-state index contributed by atoms with van der Waals surface area (Å²) < 4.78 is 10.0. The van der Waals surface area contributed by atoms with Crippen molar-refractivity contribution in [2.75, 3.05) is 13.7 Å². The first kappa shape index (κ1) is 18.3. The van der Waals surface area contributed by atoms with Gasteiger partial charge in [-0.1, -0.05) is 18.1 Å². The van der Waals surface area contributed by atoms with Gasteiger partial charge in [0.2, 0.25) is 0 Å². The van der Waals surface area contributed by atoms with Gasteiger partial charge < -0.3 is 15.2 Å². The van der Waals surface area contributed by atoms with Crippen molar-refractivity contribution in [1.29, 1.82) is 0 Å². The second-order valence-electron chi connectivity index (χ2n) is 5.50. The minimum atomic E-state index is -0.925. The van der Waals surface area contributed by atoms with Crippen molar-refractivity contribution in [2.24, 2.45) is 16.6 Å². The average molecular weight is 340 g/mol. The molecule has 0 saturated heterocycles. The number of allylic oxidation sites excluding steroid dienone is 1. The second kappa shape index (κ2) is 7.67. The van der Waals surface area contributed by atoms with Crippen molar-refractivity contribution in [3.05, 3.63) is 46.7 Å². The number of hydrogen-bond donors (Lipinski definition) is 1. The maximum absolute atomic E-state index is 12.5. The van der Waals surface area contributed by atoms with E-state index in [9.17, 15) is 9.59 Å². The minimum Gasteiger partial charge on any atom is -0.466 e. The van der Waals surface area contributed by atoms with Crippen molar-refractivity contribution in [2.45, 2.75) is 19.8 Å². The number of terminal acetylenes is 1. The van der Waals surface area contributed by atoms with Gasteiger partial charge in [-0.15, -0.1) is 6.42 Å². The number of rotatable bonds is 4. The van der Waals surface area contributed by atoms with E-state index in [1.54, 1.807) is 38.1 Å². The van der Waals surface area contributed by atoms with Gasteiger partial charge >= 0.3 is 11.9 Å². The molecule has 1 heterocycles. The van der Waals surface area contributed by atoms with Crippen LogP contribution in [0.5, 0.6) is 0 Å². The van der Waals surface area contributed by atoms with Crippen molar-refractivity contribution < 1.29 is 19.1 Å². The molecule has 2 atom stereocenters. The molecule has 0 saturated carbocycles. The molecule has 0 amide bonds. The summed E-state index contributed by atoms with van der Waals surface area (Å²) in [6.45, 7) is 3.54. The van der Waals surface area contributed by atoms with Crippen LogP contribution in [0.1, 0.15) is 30.9 Å². The summed E-state index contributed by atoms with van der Waals surface area (Å²) in [5, 5.41) is 0. The Hall–Kier alpha value is -3.07. The van der Waals surface area contributed by atoms with Gasteiger partial charge in [0.15, 0.2) is 0 Å². The van der Waals surface area contributed by atoms with Crippen LogP contribution in [0.2, 0.25) is 0 Å². The fourth-order valence-electron chi connectivity index (χ4n) is 2.94. The normalized spacial score (nSPS) is 19.7. The summed E-state index contributed by atoms with van der Waals surface area (Å²) in [6.07, 6.45) is 5.47. The molecule has 1 aliphatic heterocycles. The molecule has 6 heteroatoms. The van der Waals surface area contributed by atoms with E-state index in [4.69, 9.17) is 21.6 Å². The molecule has 0 aliphatic carbocycles. The molecule has 1 aliphatic rings. The van der Waals surface area contributed by atoms with Crippen LogP contribution in [-0.4, -0.2) is 31.5 Å². The maximum Gasteiger partial charge on any atom is 0.336 e. The highest BCUT2D eigenvalue weighted by Gasteiger charge is 2.42. The highest BCUT2D eigenvalue weighted by molar-refractivity contribution is 6.06. The predicted octanol–water partition coefficient (Wildman–Crippen LogP) is 1.75. The van der Waals surface area contributed by atoms with Crippen molar-refractivity contribution in [3.8, 4) is 12.3 Å². The lowest BCUT2D eigenvalue weighted by atomic mass is 9.77. The Bertz CT molecular complexity index is 802.